The molecule has 1 unspecified atom stereocenters. The predicted octanol–water partition coefficient (Wildman–Crippen LogP) is 2.79. The largest absolute Gasteiger partial charge is 0.454 e. The Hall–Kier alpha value is -3.15. The summed E-state index contributed by atoms with van der Waals surface area (Å²) in [6, 6.07) is 18.8. The summed E-state index contributed by atoms with van der Waals surface area (Å²) < 4.78 is 4.98. The van der Waals surface area contributed by atoms with Crippen LogP contribution in [0.2, 0.25) is 0 Å². The number of rotatable bonds is 10. The maximum Gasteiger partial charge on any atom is 0.325 e. The lowest BCUT2D eigenvalue weighted by Gasteiger charge is -2.21. The second kappa shape index (κ2) is 11.6. The number of carbonyl (C=O) groups excluding carboxylic acids is 3. The molecule has 0 bridgehead atoms. The molecule has 2 rings (SSSR count). The molecule has 0 aromatic heterocycles. The van der Waals surface area contributed by atoms with Crippen LogP contribution in [-0.4, -0.2) is 30.9 Å². The van der Waals surface area contributed by atoms with Crippen molar-refractivity contribution in [2.75, 3.05) is 13.2 Å². The summed E-state index contributed by atoms with van der Waals surface area (Å²) in [7, 11) is 0. The standard InChI is InChI=1S/C23H28N2O4/c1-17(2)13-20(19-11-7-4-8-12-19)25-22(27)16-29-23(28)15-24-21(26)14-18-9-5-3-6-10-18/h3-12,17,20H,13-16H2,1-2H3,(H,24,26)(H,25,27). The van der Waals surface area contributed by atoms with Crippen molar-refractivity contribution in [3.8, 4) is 0 Å². The van der Waals surface area contributed by atoms with Crippen LogP contribution in [0, 0.1) is 5.92 Å². The molecule has 0 saturated heterocycles. The van der Waals surface area contributed by atoms with Gasteiger partial charge in [-0.2, -0.15) is 0 Å². The number of carbonyl (C=O) groups is 3. The lowest BCUT2D eigenvalue weighted by atomic mass is 9.97. The summed E-state index contributed by atoms with van der Waals surface area (Å²) in [6.45, 7) is 3.52. The van der Waals surface area contributed by atoms with E-state index in [4.69, 9.17) is 4.74 Å². The third-order valence-corrected chi connectivity index (χ3v) is 4.25. The smallest absolute Gasteiger partial charge is 0.325 e. The number of nitrogens with one attached hydrogen (secondary N) is 2. The van der Waals surface area contributed by atoms with Crippen molar-refractivity contribution >= 4 is 17.8 Å². The second-order valence-corrected chi connectivity index (χ2v) is 7.26. The van der Waals surface area contributed by atoms with E-state index in [-0.39, 0.29) is 37.4 Å². The number of hydrogen-bond acceptors (Lipinski definition) is 4. The lowest BCUT2D eigenvalue weighted by Crippen LogP contribution is -2.36. The molecule has 0 aliphatic carbocycles. The Morgan fingerprint density at radius 1 is 0.897 bits per heavy atom. The maximum absolute atomic E-state index is 12.2. The van der Waals surface area contributed by atoms with Gasteiger partial charge in [0.25, 0.3) is 5.91 Å². The molecule has 2 N–H and O–H groups in total. The molecule has 0 saturated carbocycles. The Bertz CT molecular complexity index is 791. The maximum atomic E-state index is 12.2. The van der Waals surface area contributed by atoms with Gasteiger partial charge >= 0.3 is 5.97 Å². The van der Waals surface area contributed by atoms with E-state index in [2.05, 4.69) is 24.5 Å². The molecular formula is C23H28N2O4. The molecule has 0 aliphatic rings. The van der Waals surface area contributed by atoms with Crippen LogP contribution in [0.25, 0.3) is 0 Å². The van der Waals surface area contributed by atoms with E-state index in [1.54, 1.807) is 0 Å². The molecule has 2 aromatic carbocycles. The highest BCUT2D eigenvalue weighted by atomic mass is 16.5. The minimum Gasteiger partial charge on any atom is -0.454 e. The number of benzene rings is 2. The monoisotopic (exact) mass is 396 g/mol. The summed E-state index contributed by atoms with van der Waals surface area (Å²) in [6.07, 6.45) is 0.960. The molecule has 1 atom stereocenters. The van der Waals surface area contributed by atoms with E-state index in [1.807, 2.05) is 60.7 Å². The Morgan fingerprint density at radius 2 is 1.52 bits per heavy atom. The summed E-state index contributed by atoms with van der Waals surface area (Å²) >= 11 is 0. The fourth-order valence-corrected chi connectivity index (χ4v) is 2.88. The molecular weight excluding hydrogens is 368 g/mol. The van der Waals surface area contributed by atoms with E-state index >= 15 is 0 Å². The van der Waals surface area contributed by atoms with Crippen molar-refractivity contribution in [2.45, 2.75) is 32.7 Å². The van der Waals surface area contributed by atoms with E-state index < -0.39 is 5.97 Å². The second-order valence-electron chi connectivity index (χ2n) is 7.26. The van der Waals surface area contributed by atoms with Crippen molar-refractivity contribution in [1.82, 2.24) is 10.6 Å². The molecule has 154 valence electrons. The number of ether oxygens (including phenoxy) is 1. The van der Waals surface area contributed by atoms with Crippen molar-refractivity contribution in [3.05, 3.63) is 71.8 Å². The van der Waals surface area contributed by atoms with Crippen LogP contribution in [0.3, 0.4) is 0 Å². The van der Waals surface area contributed by atoms with Crippen LogP contribution in [0.4, 0.5) is 0 Å². The Balaban J connectivity index is 1.74. The van der Waals surface area contributed by atoms with Gasteiger partial charge in [0.2, 0.25) is 5.91 Å². The SMILES string of the molecule is CC(C)CC(NC(=O)COC(=O)CNC(=O)Cc1ccccc1)c1ccccc1. The highest BCUT2D eigenvalue weighted by Gasteiger charge is 2.17. The first kappa shape index (κ1) is 22.1. The number of amides is 2. The van der Waals surface area contributed by atoms with Gasteiger partial charge in [-0.25, -0.2) is 0 Å². The quantitative estimate of drug-likeness (QED) is 0.605. The third-order valence-electron chi connectivity index (χ3n) is 4.25. The highest BCUT2D eigenvalue weighted by Crippen LogP contribution is 2.20. The van der Waals surface area contributed by atoms with Crippen LogP contribution >= 0.6 is 0 Å². The molecule has 29 heavy (non-hydrogen) atoms. The van der Waals surface area contributed by atoms with Gasteiger partial charge < -0.3 is 15.4 Å². The molecule has 0 fully saturated rings. The van der Waals surface area contributed by atoms with Gasteiger partial charge in [0, 0.05) is 0 Å². The minimum absolute atomic E-state index is 0.145. The molecule has 6 nitrogen and oxygen atoms in total. The summed E-state index contributed by atoms with van der Waals surface area (Å²) in [5.41, 5.74) is 1.86. The first-order chi connectivity index (χ1) is 13.9. The molecule has 0 spiro atoms. The normalized spacial score (nSPS) is 11.6. The summed E-state index contributed by atoms with van der Waals surface area (Å²) in [4.78, 5) is 35.9. The summed E-state index contributed by atoms with van der Waals surface area (Å²) in [5, 5.41) is 5.42. The van der Waals surface area contributed by atoms with Crippen LogP contribution in [0.15, 0.2) is 60.7 Å². The van der Waals surface area contributed by atoms with Gasteiger partial charge in [0.15, 0.2) is 6.61 Å². The Kier molecular flexibility index (Phi) is 8.89. The van der Waals surface area contributed by atoms with Gasteiger partial charge in [-0.1, -0.05) is 74.5 Å². The Labute approximate surface area is 171 Å². The van der Waals surface area contributed by atoms with Gasteiger partial charge in [-0.3, -0.25) is 14.4 Å². The zero-order valence-corrected chi connectivity index (χ0v) is 16.9. The highest BCUT2D eigenvalue weighted by molar-refractivity contribution is 5.85. The number of hydrogen-bond donors (Lipinski definition) is 2. The number of esters is 1. The van der Waals surface area contributed by atoms with Gasteiger partial charge in [-0.05, 0) is 23.5 Å². The zero-order valence-electron chi connectivity index (χ0n) is 16.9. The first-order valence-corrected chi connectivity index (χ1v) is 9.74. The lowest BCUT2D eigenvalue weighted by molar-refractivity contribution is -0.148. The van der Waals surface area contributed by atoms with Gasteiger partial charge in [-0.15, -0.1) is 0 Å². The van der Waals surface area contributed by atoms with E-state index in [0.717, 1.165) is 17.5 Å². The zero-order chi connectivity index (χ0) is 21.1. The van der Waals surface area contributed by atoms with E-state index in [0.29, 0.717) is 5.92 Å². The van der Waals surface area contributed by atoms with Gasteiger partial charge in [0.1, 0.15) is 6.54 Å². The molecule has 0 aliphatic heterocycles. The Morgan fingerprint density at radius 3 is 2.14 bits per heavy atom. The van der Waals surface area contributed by atoms with Crippen LogP contribution in [0.1, 0.15) is 37.4 Å². The van der Waals surface area contributed by atoms with E-state index in [1.165, 1.54) is 0 Å². The van der Waals surface area contributed by atoms with Crippen molar-refractivity contribution < 1.29 is 19.1 Å². The van der Waals surface area contributed by atoms with Crippen LogP contribution in [0.5, 0.6) is 0 Å². The average Bonchev–Trinajstić information content (AvgIpc) is 2.71. The third kappa shape index (κ3) is 8.60. The molecule has 6 heteroatoms. The van der Waals surface area contributed by atoms with Crippen LogP contribution in [-0.2, 0) is 25.5 Å². The van der Waals surface area contributed by atoms with E-state index in [9.17, 15) is 14.4 Å². The van der Waals surface area contributed by atoms with Gasteiger partial charge in [0.05, 0.1) is 12.5 Å². The molecule has 0 radical (unpaired) electrons. The first-order valence-electron chi connectivity index (χ1n) is 9.74. The van der Waals surface area contributed by atoms with Crippen molar-refractivity contribution in [1.29, 1.82) is 0 Å². The van der Waals surface area contributed by atoms with Crippen molar-refractivity contribution in [3.63, 3.8) is 0 Å². The van der Waals surface area contributed by atoms with Crippen molar-refractivity contribution in [2.24, 2.45) is 5.92 Å². The van der Waals surface area contributed by atoms with Crippen LogP contribution < -0.4 is 10.6 Å². The average molecular weight is 396 g/mol. The molecule has 2 amide bonds. The molecule has 2 aromatic rings. The predicted molar refractivity (Wildman–Crippen MR) is 111 cm³/mol. The minimum atomic E-state index is -0.651. The fraction of sp³-hybridized carbons (Fsp3) is 0.348. The fourth-order valence-electron chi connectivity index (χ4n) is 2.88. The topological polar surface area (TPSA) is 84.5 Å². The molecule has 0 heterocycles. The summed E-state index contributed by atoms with van der Waals surface area (Å²) in [5.74, 6) is -0.910.